The summed E-state index contributed by atoms with van der Waals surface area (Å²) in [5, 5.41) is 20.1. The molecule has 0 radical (unpaired) electrons. The second kappa shape index (κ2) is 7.43. The summed E-state index contributed by atoms with van der Waals surface area (Å²) in [5.74, 6) is -4.06. The third-order valence-electron chi connectivity index (χ3n) is 4.44. The van der Waals surface area contributed by atoms with Crippen LogP contribution in [0.4, 0.5) is 0 Å². The molecule has 2 aromatic carbocycles. The fourth-order valence-electron chi connectivity index (χ4n) is 3.01. The second-order valence-electron chi connectivity index (χ2n) is 6.26. The number of amides is 1. The second-order valence-corrected chi connectivity index (χ2v) is 6.26. The molecule has 3 N–H and O–H groups in total. The molecule has 28 heavy (non-hydrogen) atoms. The van der Waals surface area contributed by atoms with E-state index in [1.165, 1.54) is 24.3 Å². The fourth-order valence-corrected chi connectivity index (χ4v) is 3.01. The van der Waals surface area contributed by atoms with Crippen molar-refractivity contribution in [3.05, 3.63) is 70.3 Å². The molecule has 142 valence electrons. The van der Waals surface area contributed by atoms with Gasteiger partial charge in [-0.1, -0.05) is 24.3 Å². The van der Waals surface area contributed by atoms with E-state index in [1.54, 1.807) is 18.2 Å². The lowest BCUT2D eigenvalue weighted by Crippen LogP contribution is -2.41. The van der Waals surface area contributed by atoms with Gasteiger partial charge in [0.25, 0.3) is 5.91 Å². The third kappa shape index (κ3) is 3.52. The Kier molecular flexibility index (Phi) is 5.04. The van der Waals surface area contributed by atoms with Crippen molar-refractivity contribution in [2.45, 2.75) is 18.9 Å². The SMILES string of the molecule is O=C(O)CCC(NC(=O)c1ccc2c(c1)C(=O)c1ccccc1C2=O)C(=O)O. The number of carbonyl (C=O) groups is 5. The minimum atomic E-state index is -1.39. The van der Waals surface area contributed by atoms with E-state index in [1.807, 2.05) is 0 Å². The molecule has 0 bridgehead atoms. The lowest BCUT2D eigenvalue weighted by molar-refractivity contribution is -0.140. The van der Waals surface area contributed by atoms with Crippen LogP contribution in [0.3, 0.4) is 0 Å². The zero-order chi connectivity index (χ0) is 20.4. The molecule has 0 saturated heterocycles. The average Bonchev–Trinajstić information content (AvgIpc) is 2.68. The smallest absolute Gasteiger partial charge is 0.326 e. The maximum atomic E-state index is 12.7. The van der Waals surface area contributed by atoms with Gasteiger partial charge < -0.3 is 15.5 Å². The molecule has 1 aliphatic carbocycles. The Labute approximate surface area is 158 Å². The molecule has 2 aromatic rings. The molecule has 0 saturated carbocycles. The van der Waals surface area contributed by atoms with Gasteiger partial charge in [-0.2, -0.15) is 0 Å². The molecule has 3 rings (SSSR count). The Bertz CT molecular complexity index is 1020. The van der Waals surface area contributed by atoms with E-state index in [4.69, 9.17) is 10.2 Å². The average molecular weight is 381 g/mol. The Morgan fingerprint density at radius 1 is 0.857 bits per heavy atom. The number of fused-ring (bicyclic) bond motifs is 2. The van der Waals surface area contributed by atoms with Gasteiger partial charge in [0.2, 0.25) is 0 Å². The Balaban J connectivity index is 1.88. The normalized spacial score (nSPS) is 13.3. The number of aliphatic carboxylic acids is 2. The van der Waals surface area contributed by atoms with Crippen LogP contribution in [-0.4, -0.2) is 45.7 Å². The zero-order valence-electron chi connectivity index (χ0n) is 14.5. The van der Waals surface area contributed by atoms with E-state index < -0.39 is 36.1 Å². The van der Waals surface area contributed by atoms with Gasteiger partial charge in [-0.3, -0.25) is 19.2 Å². The molecular weight excluding hydrogens is 366 g/mol. The molecule has 1 unspecified atom stereocenters. The van der Waals surface area contributed by atoms with Crippen LogP contribution in [0.1, 0.15) is 55.0 Å². The van der Waals surface area contributed by atoms with Crippen molar-refractivity contribution in [2.24, 2.45) is 0 Å². The van der Waals surface area contributed by atoms with Crippen LogP contribution in [0.5, 0.6) is 0 Å². The van der Waals surface area contributed by atoms with Crippen LogP contribution in [0.15, 0.2) is 42.5 Å². The summed E-state index contributed by atoms with van der Waals surface area (Å²) in [4.78, 5) is 59.5. The van der Waals surface area contributed by atoms with Crippen LogP contribution in [-0.2, 0) is 9.59 Å². The predicted molar refractivity (Wildman–Crippen MR) is 95.5 cm³/mol. The van der Waals surface area contributed by atoms with Crippen LogP contribution >= 0.6 is 0 Å². The molecule has 1 aliphatic rings. The van der Waals surface area contributed by atoms with Crippen LogP contribution in [0, 0.1) is 0 Å². The standard InChI is InChI=1S/C20H15NO7/c22-16(23)8-7-15(20(27)28)21-19(26)10-5-6-13-14(9-10)18(25)12-4-2-1-3-11(12)17(13)24/h1-6,9,15H,7-8H2,(H,21,26)(H,22,23)(H,27,28). The summed E-state index contributed by atoms with van der Waals surface area (Å²) in [6.45, 7) is 0. The molecule has 0 aliphatic heterocycles. The van der Waals surface area contributed by atoms with Gasteiger partial charge in [0, 0.05) is 34.2 Å². The summed E-state index contributed by atoms with van der Waals surface area (Å²) >= 11 is 0. The van der Waals surface area contributed by atoms with Crippen LogP contribution in [0.25, 0.3) is 0 Å². The first-order chi connectivity index (χ1) is 13.3. The van der Waals surface area contributed by atoms with Crippen molar-refractivity contribution in [1.29, 1.82) is 0 Å². The molecule has 0 spiro atoms. The highest BCUT2D eigenvalue weighted by atomic mass is 16.4. The number of carbonyl (C=O) groups excluding carboxylic acids is 3. The van der Waals surface area contributed by atoms with Gasteiger partial charge in [-0.05, 0) is 24.6 Å². The quantitative estimate of drug-likeness (QED) is 0.588. The third-order valence-corrected chi connectivity index (χ3v) is 4.44. The topological polar surface area (TPSA) is 138 Å². The Hall–Kier alpha value is -3.81. The number of nitrogens with one attached hydrogen (secondary N) is 1. The van der Waals surface area contributed by atoms with Crippen LogP contribution < -0.4 is 5.32 Å². The number of carboxylic acid groups (broad SMARTS) is 2. The molecule has 0 aromatic heterocycles. The molecule has 8 nitrogen and oxygen atoms in total. The van der Waals surface area contributed by atoms with Crippen molar-refractivity contribution in [2.75, 3.05) is 0 Å². The minimum absolute atomic E-state index is 0.000793. The molecule has 1 atom stereocenters. The van der Waals surface area contributed by atoms with Gasteiger partial charge in [-0.15, -0.1) is 0 Å². The maximum Gasteiger partial charge on any atom is 0.326 e. The van der Waals surface area contributed by atoms with Crippen LogP contribution in [0.2, 0.25) is 0 Å². The number of hydrogen-bond acceptors (Lipinski definition) is 5. The van der Waals surface area contributed by atoms with Gasteiger partial charge in [0.05, 0.1) is 0 Å². The summed E-state index contributed by atoms with van der Waals surface area (Å²) in [5.41, 5.74) is 0.759. The van der Waals surface area contributed by atoms with E-state index in [0.717, 1.165) is 0 Å². The number of ketones is 2. The number of rotatable bonds is 6. The largest absolute Gasteiger partial charge is 0.481 e. The number of hydrogen-bond donors (Lipinski definition) is 3. The lowest BCUT2D eigenvalue weighted by atomic mass is 9.83. The first-order valence-electron chi connectivity index (χ1n) is 8.37. The summed E-state index contributed by atoms with van der Waals surface area (Å²) < 4.78 is 0. The number of carboxylic acids is 2. The maximum absolute atomic E-state index is 12.7. The molecule has 0 heterocycles. The molecule has 0 fully saturated rings. The first kappa shape index (κ1) is 19.0. The molecular formula is C20H15NO7. The summed E-state index contributed by atoms with van der Waals surface area (Å²) in [6.07, 6.45) is -0.711. The Morgan fingerprint density at radius 2 is 1.43 bits per heavy atom. The highest BCUT2D eigenvalue weighted by Gasteiger charge is 2.30. The summed E-state index contributed by atoms with van der Waals surface area (Å²) in [6, 6.07) is 8.90. The monoisotopic (exact) mass is 381 g/mol. The molecule has 8 heteroatoms. The van der Waals surface area contributed by atoms with E-state index >= 15 is 0 Å². The minimum Gasteiger partial charge on any atom is -0.481 e. The first-order valence-corrected chi connectivity index (χ1v) is 8.37. The van der Waals surface area contributed by atoms with Crippen molar-refractivity contribution in [1.82, 2.24) is 5.32 Å². The summed E-state index contributed by atoms with van der Waals surface area (Å²) in [7, 11) is 0. The van der Waals surface area contributed by atoms with Crippen molar-refractivity contribution < 1.29 is 34.2 Å². The van der Waals surface area contributed by atoms with E-state index in [9.17, 15) is 24.0 Å². The van der Waals surface area contributed by atoms with Crippen molar-refractivity contribution in [3.8, 4) is 0 Å². The number of benzene rings is 2. The van der Waals surface area contributed by atoms with E-state index in [2.05, 4.69) is 5.32 Å². The van der Waals surface area contributed by atoms with Gasteiger partial charge in [0.15, 0.2) is 11.6 Å². The highest BCUT2D eigenvalue weighted by Crippen LogP contribution is 2.27. The lowest BCUT2D eigenvalue weighted by Gasteiger charge is -2.18. The van der Waals surface area contributed by atoms with Crippen molar-refractivity contribution >= 4 is 29.4 Å². The van der Waals surface area contributed by atoms with Gasteiger partial charge in [-0.25, -0.2) is 4.79 Å². The van der Waals surface area contributed by atoms with E-state index in [0.29, 0.717) is 0 Å². The van der Waals surface area contributed by atoms with Crippen molar-refractivity contribution in [3.63, 3.8) is 0 Å². The molecule has 1 amide bonds. The zero-order valence-corrected chi connectivity index (χ0v) is 14.5. The highest BCUT2D eigenvalue weighted by molar-refractivity contribution is 6.28. The fraction of sp³-hybridized carbons (Fsp3) is 0.150. The van der Waals surface area contributed by atoms with E-state index in [-0.39, 0.29) is 40.0 Å². The van der Waals surface area contributed by atoms with Gasteiger partial charge >= 0.3 is 11.9 Å². The Morgan fingerprint density at radius 3 is 2.00 bits per heavy atom. The predicted octanol–water partition coefficient (Wildman–Crippen LogP) is 1.51. The van der Waals surface area contributed by atoms with Gasteiger partial charge in [0.1, 0.15) is 6.04 Å².